The maximum atomic E-state index is 11.4. The molecule has 3 N–H and O–H groups in total. The Balaban J connectivity index is 3.05. The summed E-state index contributed by atoms with van der Waals surface area (Å²) >= 11 is 0. The summed E-state index contributed by atoms with van der Waals surface area (Å²) in [6.07, 6.45) is -0.476. The molecule has 0 aliphatic carbocycles. The minimum atomic E-state index is -0.476. The molecule has 1 unspecified atom stereocenters. The summed E-state index contributed by atoms with van der Waals surface area (Å²) in [6, 6.07) is 6.79. The number of amides is 1. The summed E-state index contributed by atoms with van der Waals surface area (Å²) in [7, 11) is 0. The first-order valence-electron chi connectivity index (χ1n) is 4.39. The summed E-state index contributed by atoms with van der Waals surface area (Å²) in [5, 5.41) is 0. The molecule has 0 spiro atoms. The van der Waals surface area contributed by atoms with Gasteiger partial charge in [0, 0.05) is 11.1 Å². The Kier molecular flexibility index (Phi) is 3.82. The van der Waals surface area contributed by atoms with Crippen molar-refractivity contribution in [2.45, 2.75) is 13.0 Å². The van der Waals surface area contributed by atoms with Gasteiger partial charge in [-0.1, -0.05) is 18.2 Å². The van der Waals surface area contributed by atoms with Crippen LogP contribution in [0.5, 0.6) is 0 Å². The van der Waals surface area contributed by atoms with Crippen LogP contribution in [-0.4, -0.2) is 12.4 Å². The van der Waals surface area contributed by atoms with Crippen LogP contribution < -0.4 is 11.3 Å². The maximum Gasteiger partial charge on any atom is 0.293 e. The Hall–Kier alpha value is -1.88. The van der Waals surface area contributed by atoms with E-state index in [4.69, 9.17) is 10.6 Å². The molecule has 1 aromatic carbocycles. The highest BCUT2D eigenvalue weighted by Gasteiger charge is 2.15. The number of nitrogen functional groups attached to an aromatic ring is 1. The number of ether oxygens (including phenoxy) is 1. The van der Waals surface area contributed by atoms with Gasteiger partial charge in [0.1, 0.15) is 6.10 Å². The molecule has 1 atom stereocenters. The highest BCUT2D eigenvalue weighted by Crippen LogP contribution is 2.20. The molecule has 0 radical (unpaired) electrons. The molecule has 1 amide bonds. The number of carbonyl (C=O) groups is 2. The molecule has 0 heterocycles. The Morgan fingerprint density at radius 2 is 2.20 bits per heavy atom. The molecular weight excluding hydrogens is 196 g/mol. The molecule has 5 heteroatoms. The van der Waals surface area contributed by atoms with Crippen LogP contribution in [0.4, 0.5) is 0 Å². The van der Waals surface area contributed by atoms with Crippen molar-refractivity contribution in [3.8, 4) is 0 Å². The lowest BCUT2D eigenvalue weighted by Gasteiger charge is -2.13. The van der Waals surface area contributed by atoms with Gasteiger partial charge in [0.15, 0.2) is 0 Å². The van der Waals surface area contributed by atoms with E-state index in [-0.39, 0.29) is 0 Å². The van der Waals surface area contributed by atoms with Crippen molar-refractivity contribution in [3.63, 3.8) is 0 Å². The third-order valence-electron chi connectivity index (χ3n) is 2.03. The largest absolute Gasteiger partial charge is 0.460 e. The first-order chi connectivity index (χ1) is 7.20. The van der Waals surface area contributed by atoms with Gasteiger partial charge in [0.05, 0.1) is 0 Å². The average molecular weight is 208 g/mol. The second-order valence-corrected chi connectivity index (χ2v) is 2.94. The number of nitrogens with one attached hydrogen (secondary N) is 1. The van der Waals surface area contributed by atoms with Crippen molar-refractivity contribution in [2.75, 3.05) is 0 Å². The zero-order valence-electron chi connectivity index (χ0n) is 8.27. The van der Waals surface area contributed by atoms with Gasteiger partial charge in [-0.2, -0.15) is 0 Å². The second kappa shape index (κ2) is 5.11. The highest BCUT2D eigenvalue weighted by molar-refractivity contribution is 5.95. The van der Waals surface area contributed by atoms with E-state index in [1.54, 1.807) is 31.2 Å². The Morgan fingerprint density at radius 1 is 1.53 bits per heavy atom. The van der Waals surface area contributed by atoms with Crippen LogP contribution in [0, 0.1) is 0 Å². The molecule has 0 aliphatic rings. The monoisotopic (exact) mass is 208 g/mol. The molecule has 15 heavy (non-hydrogen) atoms. The van der Waals surface area contributed by atoms with Crippen molar-refractivity contribution < 1.29 is 14.3 Å². The van der Waals surface area contributed by atoms with Gasteiger partial charge in [-0.15, -0.1) is 0 Å². The third kappa shape index (κ3) is 2.54. The number of rotatable bonds is 4. The number of hydrazine groups is 1. The van der Waals surface area contributed by atoms with Crippen LogP contribution in [0.1, 0.15) is 28.9 Å². The van der Waals surface area contributed by atoms with Crippen LogP contribution in [0.25, 0.3) is 0 Å². The SMILES string of the molecule is CC(OC=O)c1ccccc1C(=O)NN. The van der Waals surface area contributed by atoms with Crippen LogP contribution in [-0.2, 0) is 9.53 Å². The predicted molar refractivity (Wildman–Crippen MR) is 53.7 cm³/mol. The fourth-order valence-corrected chi connectivity index (χ4v) is 1.29. The lowest BCUT2D eigenvalue weighted by Crippen LogP contribution is -2.31. The van der Waals surface area contributed by atoms with Crippen molar-refractivity contribution in [3.05, 3.63) is 35.4 Å². The Bertz CT molecular complexity index is 365. The minimum Gasteiger partial charge on any atom is -0.460 e. The summed E-state index contributed by atoms with van der Waals surface area (Å²) in [5.41, 5.74) is 3.05. The van der Waals surface area contributed by atoms with E-state index in [1.807, 2.05) is 5.43 Å². The number of hydrogen-bond donors (Lipinski definition) is 2. The fourth-order valence-electron chi connectivity index (χ4n) is 1.29. The van der Waals surface area contributed by atoms with E-state index in [0.29, 0.717) is 17.6 Å². The topological polar surface area (TPSA) is 81.4 Å². The zero-order valence-corrected chi connectivity index (χ0v) is 8.27. The van der Waals surface area contributed by atoms with E-state index in [2.05, 4.69) is 0 Å². The third-order valence-corrected chi connectivity index (χ3v) is 2.03. The van der Waals surface area contributed by atoms with Crippen molar-refractivity contribution in [2.24, 2.45) is 5.84 Å². The first kappa shape index (κ1) is 11.2. The van der Waals surface area contributed by atoms with Gasteiger partial charge in [-0.25, -0.2) is 5.84 Å². The zero-order chi connectivity index (χ0) is 11.3. The minimum absolute atomic E-state index is 0.349. The van der Waals surface area contributed by atoms with E-state index in [0.717, 1.165) is 0 Å². The van der Waals surface area contributed by atoms with Crippen molar-refractivity contribution >= 4 is 12.4 Å². The van der Waals surface area contributed by atoms with Gasteiger partial charge < -0.3 is 4.74 Å². The van der Waals surface area contributed by atoms with Crippen LogP contribution in [0.3, 0.4) is 0 Å². The Labute approximate surface area is 87.2 Å². The highest BCUT2D eigenvalue weighted by atomic mass is 16.5. The normalized spacial score (nSPS) is 11.6. The Morgan fingerprint density at radius 3 is 2.80 bits per heavy atom. The number of nitrogens with two attached hydrogens (primary N) is 1. The molecule has 0 aliphatic heterocycles. The van der Waals surface area contributed by atoms with Crippen LogP contribution >= 0.6 is 0 Å². The maximum absolute atomic E-state index is 11.4. The summed E-state index contributed by atoms with van der Waals surface area (Å²) < 4.78 is 4.76. The first-order valence-corrected chi connectivity index (χ1v) is 4.39. The lowest BCUT2D eigenvalue weighted by molar-refractivity contribution is -0.133. The molecule has 1 aromatic rings. The van der Waals surface area contributed by atoms with Crippen molar-refractivity contribution in [1.82, 2.24) is 5.43 Å². The molecular formula is C10H12N2O3. The summed E-state index contributed by atoms with van der Waals surface area (Å²) in [6.45, 7) is 2.03. The summed E-state index contributed by atoms with van der Waals surface area (Å²) in [5.74, 6) is 4.63. The van der Waals surface area contributed by atoms with Gasteiger partial charge in [0.2, 0.25) is 0 Å². The van der Waals surface area contributed by atoms with Crippen LogP contribution in [0.2, 0.25) is 0 Å². The number of carbonyl (C=O) groups excluding carboxylic acids is 2. The molecule has 1 rings (SSSR count). The number of benzene rings is 1. The predicted octanol–water partition coefficient (Wildman–Crippen LogP) is 0.524. The van der Waals surface area contributed by atoms with Gasteiger partial charge in [-0.3, -0.25) is 15.0 Å². The molecule has 5 nitrogen and oxygen atoms in total. The number of hydrogen-bond acceptors (Lipinski definition) is 4. The smallest absolute Gasteiger partial charge is 0.293 e. The van der Waals surface area contributed by atoms with Gasteiger partial charge >= 0.3 is 0 Å². The second-order valence-electron chi connectivity index (χ2n) is 2.94. The molecule has 80 valence electrons. The quantitative estimate of drug-likeness (QED) is 0.327. The fraction of sp³-hybridized carbons (Fsp3) is 0.200. The molecule has 0 aromatic heterocycles. The van der Waals surface area contributed by atoms with E-state index < -0.39 is 12.0 Å². The molecule has 0 bridgehead atoms. The standard InChI is InChI=1S/C10H12N2O3/c1-7(15-6-13)8-4-2-3-5-9(8)10(14)12-11/h2-7H,11H2,1H3,(H,12,14). The molecule has 0 saturated heterocycles. The van der Waals surface area contributed by atoms with E-state index >= 15 is 0 Å². The molecule has 0 fully saturated rings. The van der Waals surface area contributed by atoms with Gasteiger partial charge in [0.25, 0.3) is 12.4 Å². The van der Waals surface area contributed by atoms with E-state index in [9.17, 15) is 9.59 Å². The summed E-state index contributed by atoms with van der Waals surface area (Å²) in [4.78, 5) is 21.6. The van der Waals surface area contributed by atoms with Crippen LogP contribution in [0.15, 0.2) is 24.3 Å². The van der Waals surface area contributed by atoms with Crippen molar-refractivity contribution in [1.29, 1.82) is 0 Å². The molecule has 0 saturated carbocycles. The van der Waals surface area contributed by atoms with E-state index in [1.165, 1.54) is 0 Å². The lowest BCUT2D eigenvalue weighted by atomic mass is 10.0. The van der Waals surface area contributed by atoms with Gasteiger partial charge in [-0.05, 0) is 13.0 Å². The average Bonchev–Trinajstić information content (AvgIpc) is 2.28.